The predicted octanol–water partition coefficient (Wildman–Crippen LogP) is 3.07. The van der Waals surface area contributed by atoms with Crippen LogP contribution in [0.5, 0.6) is 0 Å². The number of hydrogen-bond acceptors (Lipinski definition) is 1. The third kappa shape index (κ3) is 1.73. The van der Waals surface area contributed by atoms with E-state index in [1.807, 2.05) is 0 Å². The molecule has 0 amide bonds. The average molecular weight is 199 g/mol. The van der Waals surface area contributed by atoms with Crippen LogP contribution in [0.4, 0.5) is 4.39 Å². The quantitative estimate of drug-likeness (QED) is 0.668. The maximum Gasteiger partial charge on any atom is 0.165 e. The van der Waals surface area contributed by atoms with Crippen molar-refractivity contribution in [2.24, 2.45) is 5.92 Å². The van der Waals surface area contributed by atoms with Gasteiger partial charge in [0.15, 0.2) is 5.78 Å². The van der Waals surface area contributed by atoms with Crippen LogP contribution in [-0.4, -0.2) is 5.78 Å². The number of halogens is 2. The molecule has 0 atom stereocenters. The van der Waals surface area contributed by atoms with Gasteiger partial charge in [-0.25, -0.2) is 4.39 Å². The first-order valence-electron chi connectivity index (χ1n) is 4.18. The zero-order valence-electron chi connectivity index (χ0n) is 6.89. The van der Waals surface area contributed by atoms with Gasteiger partial charge in [0.05, 0.1) is 5.02 Å². The largest absolute Gasteiger partial charge is 0.294 e. The Balaban J connectivity index is 2.30. The molecule has 1 aromatic carbocycles. The Kier molecular flexibility index (Phi) is 2.08. The number of Topliss-reactive ketones (excluding diaryl/α,β-unsaturated/α-hetero) is 1. The zero-order valence-corrected chi connectivity index (χ0v) is 7.64. The maximum atomic E-state index is 12.7. The molecule has 1 aliphatic carbocycles. The highest BCUT2D eigenvalue weighted by Crippen LogP contribution is 2.33. The van der Waals surface area contributed by atoms with E-state index in [-0.39, 0.29) is 16.7 Å². The van der Waals surface area contributed by atoms with Crippen LogP contribution in [0.3, 0.4) is 0 Å². The molecule has 1 aliphatic rings. The number of carbonyl (C=O) groups excluding carboxylic acids is 1. The number of hydrogen-bond donors (Lipinski definition) is 0. The molecule has 2 rings (SSSR count). The van der Waals surface area contributed by atoms with Gasteiger partial charge in [-0.3, -0.25) is 4.79 Å². The first-order valence-corrected chi connectivity index (χ1v) is 4.55. The topological polar surface area (TPSA) is 17.1 Å². The van der Waals surface area contributed by atoms with E-state index in [4.69, 9.17) is 11.6 Å². The molecule has 0 unspecified atom stereocenters. The third-order valence-electron chi connectivity index (χ3n) is 2.15. The van der Waals surface area contributed by atoms with Crippen molar-refractivity contribution in [2.45, 2.75) is 12.8 Å². The molecular weight excluding hydrogens is 191 g/mol. The Morgan fingerprint density at radius 1 is 1.46 bits per heavy atom. The molecule has 0 saturated heterocycles. The van der Waals surface area contributed by atoms with Crippen LogP contribution >= 0.6 is 11.6 Å². The van der Waals surface area contributed by atoms with Crippen molar-refractivity contribution in [3.63, 3.8) is 0 Å². The monoisotopic (exact) mass is 198 g/mol. The Bertz CT molecular complexity index is 358. The van der Waals surface area contributed by atoms with Crippen LogP contribution in [0.15, 0.2) is 18.2 Å². The Labute approximate surface area is 80.5 Å². The summed E-state index contributed by atoms with van der Waals surface area (Å²) < 4.78 is 12.7. The van der Waals surface area contributed by atoms with Gasteiger partial charge in [-0.1, -0.05) is 11.6 Å². The first-order chi connectivity index (χ1) is 6.18. The average Bonchev–Trinajstić information content (AvgIpc) is 2.91. The normalized spacial score (nSPS) is 15.8. The van der Waals surface area contributed by atoms with E-state index in [0.717, 1.165) is 12.8 Å². The van der Waals surface area contributed by atoms with E-state index < -0.39 is 5.82 Å². The predicted molar refractivity (Wildman–Crippen MR) is 48.5 cm³/mol. The van der Waals surface area contributed by atoms with Gasteiger partial charge in [-0.05, 0) is 31.0 Å². The molecule has 0 heterocycles. The lowest BCUT2D eigenvalue weighted by molar-refractivity contribution is 0.0967. The standard InChI is InChI=1S/C10H8ClFO/c11-8-5-7(3-4-9(8)12)10(13)6-1-2-6/h3-6H,1-2H2. The number of benzene rings is 1. The highest BCUT2D eigenvalue weighted by molar-refractivity contribution is 6.31. The highest BCUT2D eigenvalue weighted by Gasteiger charge is 2.30. The van der Waals surface area contributed by atoms with Crippen LogP contribution < -0.4 is 0 Å². The summed E-state index contributed by atoms with van der Waals surface area (Å²) >= 11 is 5.56. The van der Waals surface area contributed by atoms with Gasteiger partial charge in [0.25, 0.3) is 0 Å². The van der Waals surface area contributed by atoms with E-state index >= 15 is 0 Å². The minimum Gasteiger partial charge on any atom is -0.294 e. The molecule has 0 N–H and O–H groups in total. The molecule has 3 heteroatoms. The van der Waals surface area contributed by atoms with Crippen LogP contribution in [0.2, 0.25) is 5.02 Å². The van der Waals surface area contributed by atoms with Gasteiger partial charge in [-0.15, -0.1) is 0 Å². The van der Waals surface area contributed by atoms with Crippen molar-refractivity contribution in [2.75, 3.05) is 0 Å². The number of rotatable bonds is 2. The number of ketones is 1. The van der Waals surface area contributed by atoms with Crippen molar-refractivity contribution in [3.05, 3.63) is 34.6 Å². The van der Waals surface area contributed by atoms with Crippen LogP contribution in [0.1, 0.15) is 23.2 Å². The summed E-state index contributed by atoms with van der Waals surface area (Å²) in [6, 6.07) is 4.12. The summed E-state index contributed by atoms with van der Waals surface area (Å²) in [4.78, 5) is 11.5. The van der Waals surface area contributed by atoms with E-state index in [0.29, 0.717) is 5.56 Å². The van der Waals surface area contributed by atoms with Crippen molar-refractivity contribution in [3.8, 4) is 0 Å². The molecule has 1 fully saturated rings. The van der Waals surface area contributed by atoms with Gasteiger partial charge in [-0.2, -0.15) is 0 Å². The fourth-order valence-electron chi connectivity index (χ4n) is 1.23. The SMILES string of the molecule is O=C(c1ccc(F)c(Cl)c1)C1CC1. The van der Waals surface area contributed by atoms with Gasteiger partial charge in [0.2, 0.25) is 0 Å². The van der Waals surface area contributed by atoms with E-state index in [1.165, 1.54) is 18.2 Å². The van der Waals surface area contributed by atoms with Gasteiger partial charge < -0.3 is 0 Å². The minimum atomic E-state index is -0.478. The molecule has 68 valence electrons. The Morgan fingerprint density at radius 3 is 2.69 bits per heavy atom. The van der Waals surface area contributed by atoms with E-state index in [2.05, 4.69) is 0 Å². The second-order valence-corrected chi connectivity index (χ2v) is 3.67. The minimum absolute atomic E-state index is 0.0199. The molecule has 13 heavy (non-hydrogen) atoms. The molecule has 0 bridgehead atoms. The van der Waals surface area contributed by atoms with Crippen LogP contribution in [0, 0.1) is 11.7 Å². The molecule has 0 radical (unpaired) electrons. The summed E-state index contributed by atoms with van der Waals surface area (Å²) in [6.45, 7) is 0. The summed E-state index contributed by atoms with van der Waals surface area (Å²) in [7, 11) is 0. The van der Waals surface area contributed by atoms with Crippen LogP contribution in [-0.2, 0) is 0 Å². The van der Waals surface area contributed by atoms with Gasteiger partial charge in [0, 0.05) is 11.5 Å². The fraction of sp³-hybridized carbons (Fsp3) is 0.300. The second-order valence-electron chi connectivity index (χ2n) is 3.27. The second kappa shape index (κ2) is 3.11. The molecule has 1 saturated carbocycles. The third-order valence-corrected chi connectivity index (χ3v) is 2.44. The lowest BCUT2D eigenvalue weighted by Gasteiger charge is -1.99. The van der Waals surface area contributed by atoms with E-state index in [1.54, 1.807) is 0 Å². The highest BCUT2D eigenvalue weighted by atomic mass is 35.5. The smallest absolute Gasteiger partial charge is 0.165 e. The summed E-state index contributed by atoms with van der Waals surface area (Å²) in [5, 5.41) is 0.0199. The molecule has 1 nitrogen and oxygen atoms in total. The summed E-state index contributed by atoms with van der Waals surface area (Å²) in [5.41, 5.74) is 0.522. The molecule has 0 aromatic heterocycles. The Hall–Kier alpha value is -0.890. The number of carbonyl (C=O) groups is 1. The zero-order chi connectivity index (χ0) is 9.42. The molecule has 0 spiro atoms. The van der Waals surface area contributed by atoms with Crippen molar-refractivity contribution in [1.29, 1.82) is 0 Å². The van der Waals surface area contributed by atoms with E-state index in [9.17, 15) is 9.18 Å². The fourth-order valence-corrected chi connectivity index (χ4v) is 1.41. The molecule has 0 aliphatic heterocycles. The summed E-state index contributed by atoms with van der Waals surface area (Å²) in [6.07, 6.45) is 1.90. The molecule has 1 aromatic rings. The van der Waals surface area contributed by atoms with Crippen molar-refractivity contribution in [1.82, 2.24) is 0 Å². The molecular formula is C10H8ClFO. The maximum absolute atomic E-state index is 12.7. The van der Waals surface area contributed by atoms with Crippen LogP contribution in [0.25, 0.3) is 0 Å². The van der Waals surface area contributed by atoms with Crippen molar-refractivity contribution < 1.29 is 9.18 Å². The van der Waals surface area contributed by atoms with Crippen molar-refractivity contribution >= 4 is 17.4 Å². The Morgan fingerprint density at radius 2 is 2.15 bits per heavy atom. The van der Waals surface area contributed by atoms with Gasteiger partial charge in [0.1, 0.15) is 5.82 Å². The lowest BCUT2D eigenvalue weighted by Crippen LogP contribution is -2.01. The summed E-state index contributed by atoms with van der Waals surface area (Å²) in [5.74, 6) is -0.238. The first kappa shape index (κ1) is 8.70. The lowest BCUT2D eigenvalue weighted by atomic mass is 10.1. The van der Waals surface area contributed by atoms with Gasteiger partial charge >= 0.3 is 0 Å².